The first kappa shape index (κ1) is 16.8. The number of benzene rings is 1. The van der Waals surface area contributed by atoms with Gasteiger partial charge in [0.25, 0.3) is 0 Å². The summed E-state index contributed by atoms with van der Waals surface area (Å²) >= 11 is 0. The molecule has 1 heterocycles. The summed E-state index contributed by atoms with van der Waals surface area (Å²) in [5.74, 6) is 0.522. The lowest BCUT2D eigenvalue weighted by molar-refractivity contribution is 0.207. The van der Waals surface area contributed by atoms with E-state index in [1.807, 2.05) is 9.80 Å². The largest absolute Gasteiger partial charge is 0.324 e. The molecule has 4 nitrogen and oxygen atoms in total. The first-order valence-corrected chi connectivity index (χ1v) is 8.45. The highest BCUT2D eigenvalue weighted by Gasteiger charge is 2.29. The second-order valence-corrected chi connectivity index (χ2v) is 6.19. The van der Waals surface area contributed by atoms with Crippen LogP contribution in [0.25, 0.3) is 0 Å². The SMILES string of the molecule is CCN(CC)CCN1CCN(c2ccc(C(C)C)cc2)C1=O. The van der Waals surface area contributed by atoms with Gasteiger partial charge in [-0.05, 0) is 36.7 Å². The fourth-order valence-corrected chi connectivity index (χ4v) is 2.87. The molecule has 0 saturated carbocycles. The van der Waals surface area contributed by atoms with Crippen LogP contribution in [0.3, 0.4) is 0 Å². The quantitative estimate of drug-likeness (QED) is 0.772. The maximum atomic E-state index is 12.5. The minimum absolute atomic E-state index is 0.143. The van der Waals surface area contributed by atoms with Crippen molar-refractivity contribution >= 4 is 11.7 Å². The predicted molar refractivity (Wildman–Crippen MR) is 92.6 cm³/mol. The maximum absolute atomic E-state index is 12.5. The van der Waals surface area contributed by atoms with Crippen LogP contribution in [0.1, 0.15) is 39.2 Å². The van der Waals surface area contributed by atoms with E-state index in [-0.39, 0.29) is 6.03 Å². The van der Waals surface area contributed by atoms with Crippen LogP contribution in [-0.4, -0.2) is 55.1 Å². The Balaban J connectivity index is 1.96. The number of hydrogen-bond donors (Lipinski definition) is 0. The Morgan fingerprint density at radius 3 is 2.27 bits per heavy atom. The van der Waals surface area contributed by atoms with E-state index < -0.39 is 0 Å². The van der Waals surface area contributed by atoms with Crippen LogP contribution >= 0.6 is 0 Å². The van der Waals surface area contributed by atoms with Gasteiger partial charge in [-0.1, -0.05) is 39.8 Å². The van der Waals surface area contributed by atoms with Crippen LogP contribution in [0.4, 0.5) is 10.5 Å². The summed E-state index contributed by atoms with van der Waals surface area (Å²) in [4.78, 5) is 18.8. The zero-order chi connectivity index (χ0) is 16.1. The van der Waals surface area contributed by atoms with Gasteiger partial charge in [0.1, 0.15) is 0 Å². The maximum Gasteiger partial charge on any atom is 0.324 e. The Hall–Kier alpha value is -1.55. The second kappa shape index (κ2) is 7.63. The molecule has 0 aliphatic carbocycles. The molecular weight excluding hydrogens is 274 g/mol. The summed E-state index contributed by atoms with van der Waals surface area (Å²) in [5, 5.41) is 0. The zero-order valence-corrected chi connectivity index (χ0v) is 14.4. The molecule has 0 atom stereocenters. The molecule has 4 heteroatoms. The molecule has 22 heavy (non-hydrogen) atoms. The summed E-state index contributed by atoms with van der Waals surface area (Å²) in [6.07, 6.45) is 0. The van der Waals surface area contributed by atoms with Gasteiger partial charge >= 0.3 is 6.03 Å². The topological polar surface area (TPSA) is 26.8 Å². The minimum atomic E-state index is 0.143. The van der Waals surface area contributed by atoms with Gasteiger partial charge in [-0.25, -0.2) is 4.79 Å². The molecule has 2 amide bonds. The molecule has 0 unspecified atom stereocenters. The lowest BCUT2D eigenvalue weighted by atomic mass is 10.0. The molecule has 1 aromatic carbocycles. The first-order chi connectivity index (χ1) is 10.6. The smallest absolute Gasteiger partial charge is 0.321 e. The Morgan fingerprint density at radius 2 is 1.73 bits per heavy atom. The number of carbonyl (C=O) groups is 1. The molecule has 0 bridgehead atoms. The lowest BCUT2D eigenvalue weighted by Crippen LogP contribution is -2.38. The highest BCUT2D eigenvalue weighted by atomic mass is 16.2. The number of anilines is 1. The number of nitrogens with zero attached hydrogens (tertiary/aromatic N) is 3. The molecule has 1 aliphatic rings. The Morgan fingerprint density at radius 1 is 1.09 bits per heavy atom. The summed E-state index contributed by atoms with van der Waals surface area (Å²) < 4.78 is 0. The minimum Gasteiger partial charge on any atom is -0.321 e. The average Bonchev–Trinajstić information content (AvgIpc) is 2.89. The van der Waals surface area contributed by atoms with E-state index in [0.717, 1.165) is 45.0 Å². The van der Waals surface area contributed by atoms with Crippen LogP contribution < -0.4 is 4.90 Å². The number of hydrogen-bond acceptors (Lipinski definition) is 2. The van der Waals surface area contributed by atoms with Gasteiger partial charge in [-0.3, -0.25) is 4.90 Å². The van der Waals surface area contributed by atoms with E-state index >= 15 is 0 Å². The lowest BCUT2D eigenvalue weighted by Gasteiger charge is -2.23. The van der Waals surface area contributed by atoms with Crippen LogP contribution in [0.15, 0.2) is 24.3 Å². The first-order valence-electron chi connectivity index (χ1n) is 8.45. The van der Waals surface area contributed by atoms with E-state index in [9.17, 15) is 4.79 Å². The second-order valence-electron chi connectivity index (χ2n) is 6.19. The summed E-state index contributed by atoms with van der Waals surface area (Å²) in [7, 11) is 0. The molecule has 1 aromatic rings. The third kappa shape index (κ3) is 3.80. The van der Waals surface area contributed by atoms with Crippen LogP contribution in [0.2, 0.25) is 0 Å². The Labute approximate surface area is 134 Å². The van der Waals surface area contributed by atoms with E-state index in [0.29, 0.717) is 5.92 Å². The Bertz CT molecular complexity index is 480. The molecule has 0 radical (unpaired) electrons. The van der Waals surface area contributed by atoms with Gasteiger partial charge in [-0.15, -0.1) is 0 Å². The van der Waals surface area contributed by atoms with E-state index in [1.165, 1.54) is 5.56 Å². The molecule has 1 fully saturated rings. The average molecular weight is 303 g/mol. The highest BCUT2D eigenvalue weighted by Crippen LogP contribution is 2.23. The normalized spacial score (nSPS) is 15.5. The summed E-state index contributed by atoms with van der Waals surface area (Å²) in [5.41, 5.74) is 2.33. The number of rotatable bonds is 7. The summed E-state index contributed by atoms with van der Waals surface area (Å²) in [6.45, 7) is 14.2. The van der Waals surface area contributed by atoms with Gasteiger partial charge in [0, 0.05) is 31.9 Å². The monoisotopic (exact) mass is 303 g/mol. The molecule has 0 spiro atoms. The van der Waals surface area contributed by atoms with Crippen molar-refractivity contribution in [3.63, 3.8) is 0 Å². The number of carbonyl (C=O) groups excluding carboxylic acids is 1. The van der Waals surface area contributed by atoms with E-state index in [4.69, 9.17) is 0 Å². The number of urea groups is 1. The van der Waals surface area contributed by atoms with Gasteiger partial charge < -0.3 is 9.80 Å². The molecule has 0 N–H and O–H groups in total. The predicted octanol–water partition coefficient (Wildman–Crippen LogP) is 3.39. The van der Waals surface area contributed by atoms with Crippen molar-refractivity contribution in [2.45, 2.75) is 33.6 Å². The standard InChI is InChI=1S/C18H29N3O/c1-5-19(6-2)11-12-20-13-14-21(18(20)22)17-9-7-16(8-10-17)15(3)4/h7-10,15H,5-6,11-14H2,1-4H3. The fourth-order valence-electron chi connectivity index (χ4n) is 2.87. The van der Waals surface area contributed by atoms with Gasteiger partial charge in [0.2, 0.25) is 0 Å². The highest BCUT2D eigenvalue weighted by molar-refractivity contribution is 5.94. The zero-order valence-electron chi connectivity index (χ0n) is 14.4. The summed E-state index contributed by atoms with van der Waals surface area (Å²) in [6, 6.07) is 8.55. The van der Waals surface area contributed by atoms with Gasteiger partial charge in [0.05, 0.1) is 0 Å². The fraction of sp³-hybridized carbons (Fsp3) is 0.611. The van der Waals surface area contributed by atoms with Crippen molar-refractivity contribution < 1.29 is 4.79 Å². The molecule has 1 saturated heterocycles. The van der Waals surface area contributed by atoms with Crippen molar-refractivity contribution in [2.75, 3.05) is 44.2 Å². The molecule has 2 rings (SSSR count). The van der Waals surface area contributed by atoms with Crippen LogP contribution in [0, 0.1) is 0 Å². The third-order valence-corrected chi connectivity index (χ3v) is 4.55. The van der Waals surface area contributed by atoms with Crippen molar-refractivity contribution in [1.29, 1.82) is 0 Å². The third-order valence-electron chi connectivity index (χ3n) is 4.55. The molecule has 122 valence electrons. The van der Waals surface area contributed by atoms with Gasteiger partial charge in [0.15, 0.2) is 0 Å². The van der Waals surface area contributed by atoms with E-state index in [1.54, 1.807) is 0 Å². The van der Waals surface area contributed by atoms with Gasteiger partial charge in [-0.2, -0.15) is 0 Å². The van der Waals surface area contributed by atoms with Crippen molar-refractivity contribution in [3.05, 3.63) is 29.8 Å². The molecule has 1 aliphatic heterocycles. The molecule has 0 aromatic heterocycles. The van der Waals surface area contributed by atoms with Crippen molar-refractivity contribution in [2.24, 2.45) is 0 Å². The number of likely N-dealkylation sites (N-methyl/N-ethyl adjacent to an activating group) is 1. The van der Waals surface area contributed by atoms with Crippen LogP contribution in [-0.2, 0) is 0 Å². The van der Waals surface area contributed by atoms with E-state index in [2.05, 4.69) is 56.9 Å². The number of amides is 2. The van der Waals surface area contributed by atoms with Crippen molar-refractivity contribution in [1.82, 2.24) is 9.80 Å². The molecular formula is C18H29N3O. The van der Waals surface area contributed by atoms with Crippen LogP contribution in [0.5, 0.6) is 0 Å². The van der Waals surface area contributed by atoms with Crippen molar-refractivity contribution in [3.8, 4) is 0 Å². The Kier molecular flexibility index (Phi) is 5.83.